The van der Waals surface area contributed by atoms with E-state index in [-0.39, 0.29) is 11.9 Å². The number of esters is 1. The lowest BCUT2D eigenvalue weighted by Crippen LogP contribution is -2.14. The van der Waals surface area contributed by atoms with Crippen molar-refractivity contribution < 1.29 is 9.53 Å². The van der Waals surface area contributed by atoms with Gasteiger partial charge in [-0.1, -0.05) is 30.4 Å². The van der Waals surface area contributed by atoms with Gasteiger partial charge in [0, 0.05) is 0 Å². The zero-order valence-corrected chi connectivity index (χ0v) is 8.95. The fraction of sp³-hybridized carbons (Fsp3) is 0.417. The van der Waals surface area contributed by atoms with Crippen LogP contribution in [0.3, 0.4) is 0 Å². The van der Waals surface area contributed by atoms with E-state index in [0.717, 1.165) is 5.57 Å². The van der Waals surface area contributed by atoms with Gasteiger partial charge in [0.1, 0.15) is 0 Å². The summed E-state index contributed by atoms with van der Waals surface area (Å²) in [6.07, 6.45) is 6.81. The first-order valence-electron chi connectivity index (χ1n) is 4.63. The van der Waals surface area contributed by atoms with Crippen LogP contribution < -0.4 is 0 Å². The minimum atomic E-state index is -0.182. The Morgan fingerprint density at radius 3 is 2.50 bits per heavy atom. The Balaban J connectivity index is 4.29. The van der Waals surface area contributed by atoms with Gasteiger partial charge in [0.2, 0.25) is 0 Å². The van der Waals surface area contributed by atoms with E-state index in [1.807, 2.05) is 13.0 Å². The van der Waals surface area contributed by atoms with Crippen molar-refractivity contribution in [2.75, 3.05) is 7.11 Å². The van der Waals surface area contributed by atoms with Gasteiger partial charge >= 0.3 is 5.97 Å². The molecule has 0 aliphatic rings. The summed E-state index contributed by atoms with van der Waals surface area (Å²) >= 11 is 0. The predicted octanol–water partition coefficient (Wildman–Crippen LogP) is 2.87. The van der Waals surface area contributed by atoms with Crippen molar-refractivity contribution in [3.63, 3.8) is 0 Å². The van der Waals surface area contributed by atoms with Gasteiger partial charge in [0.25, 0.3) is 0 Å². The highest BCUT2D eigenvalue weighted by Gasteiger charge is 2.15. The van der Waals surface area contributed by atoms with Gasteiger partial charge in [0.15, 0.2) is 0 Å². The molecule has 0 saturated heterocycles. The molecule has 0 N–H and O–H groups in total. The monoisotopic (exact) mass is 194 g/mol. The van der Waals surface area contributed by atoms with E-state index in [0.29, 0.717) is 12.8 Å². The van der Waals surface area contributed by atoms with Gasteiger partial charge in [0.05, 0.1) is 13.0 Å². The zero-order valence-electron chi connectivity index (χ0n) is 8.95. The van der Waals surface area contributed by atoms with Gasteiger partial charge in [-0.25, -0.2) is 0 Å². The van der Waals surface area contributed by atoms with Gasteiger partial charge < -0.3 is 4.74 Å². The molecule has 0 radical (unpaired) electrons. The summed E-state index contributed by atoms with van der Waals surface area (Å²) in [6, 6.07) is 0. The van der Waals surface area contributed by atoms with E-state index in [1.165, 1.54) is 7.11 Å². The Morgan fingerprint density at radius 2 is 2.07 bits per heavy atom. The molecule has 0 aromatic rings. The molecule has 2 heteroatoms. The topological polar surface area (TPSA) is 26.3 Å². The van der Waals surface area contributed by atoms with Crippen LogP contribution in [0.15, 0.2) is 37.0 Å². The van der Waals surface area contributed by atoms with Crippen molar-refractivity contribution >= 4 is 5.97 Å². The summed E-state index contributed by atoms with van der Waals surface area (Å²) < 4.78 is 4.69. The first-order valence-corrected chi connectivity index (χ1v) is 4.63. The summed E-state index contributed by atoms with van der Waals surface area (Å²) in [5.74, 6) is -0.301. The maximum absolute atomic E-state index is 11.3. The minimum Gasteiger partial charge on any atom is -0.469 e. The van der Waals surface area contributed by atoms with Crippen LogP contribution in [0.4, 0.5) is 0 Å². The van der Waals surface area contributed by atoms with Crippen molar-refractivity contribution in [1.29, 1.82) is 0 Å². The fourth-order valence-corrected chi connectivity index (χ4v) is 1.07. The number of hydrogen-bond donors (Lipinski definition) is 0. The van der Waals surface area contributed by atoms with Crippen molar-refractivity contribution in [3.8, 4) is 0 Å². The average molecular weight is 194 g/mol. The summed E-state index contributed by atoms with van der Waals surface area (Å²) in [6.45, 7) is 9.21. The fourth-order valence-electron chi connectivity index (χ4n) is 1.07. The van der Waals surface area contributed by atoms with Crippen LogP contribution in [0, 0.1) is 5.92 Å². The molecule has 0 aromatic carbocycles. The normalized spacial score (nSPS) is 13.1. The Labute approximate surface area is 86.0 Å². The van der Waals surface area contributed by atoms with Crippen LogP contribution in [0.25, 0.3) is 0 Å². The number of rotatable bonds is 6. The first-order chi connectivity index (χ1) is 6.65. The second-order valence-corrected chi connectivity index (χ2v) is 3.13. The minimum absolute atomic E-state index is 0.118. The number of hydrogen-bond acceptors (Lipinski definition) is 2. The van der Waals surface area contributed by atoms with E-state index in [2.05, 4.69) is 17.9 Å². The van der Waals surface area contributed by atoms with Crippen molar-refractivity contribution in [2.45, 2.75) is 19.8 Å². The van der Waals surface area contributed by atoms with Crippen molar-refractivity contribution in [2.24, 2.45) is 5.92 Å². The predicted molar refractivity (Wildman–Crippen MR) is 58.9 cm³/mol. The molecule has 0 heterocycles. The zero-order chi connectivity index (χ0) is 11.0. The maximum atomic E-state index is 11.3. The second-order valence-electron chi connectivity index (χ2n) is 3.13. The summed E-state index contributed by atoms with van der Waals surface area (Å²) in [7, 11) is 1.41. The van der Waals surface area contributed by atoms with Crippen LogP contribution in [0.1, 0.15) is 19.8 Å². The quantitative estimate of drug-likeness (QED) is 0.369. The number of carbonyl (C=O) groups is 1. The molecular formula is C12H18O2. The highest BCUT2D eigenvalue weighted by molar-refractivity contribution is 5.72. The Hall–Kier alpha value is -1.31. The van der Waals surface area contributed by atoms with Crippen LogP contribution in [0.5, 0.6) is 0 Å². The third kappa shape index (κ3) is 4.65. The van der Waals surface area contributed by atoms with E-state index < -0.39 is 0 Å². The van der Waals surface area contributed by atoms with Crippen molar-refractivity contribution in [1.82, 2.24) is 0 Å². The van der Waals surface area contributed by atoms with Crippen LogP contribution in [-0.4, -0.2) is 13.1 Å². The second kappa shape index (κ2) is 7.13. The molecule has 0 aliphatic heterocycles. The average Bonchev–Trinajstić information content (AvgIpc) is 2.22. The molecule has 14 heavy (non-hydrogen) atoms. The highest BCUT2D eigenvalue weighted by Crippen LogP contribution is 2.13. The lowest BCUT2D eigenvalue weighted by atomic mass is 10.0. The van der Waals surface area contributed by atoms with Gasteiger partial charge in [-0.2, -0.15) is 0 Å². The van der Waals surface area contributed by atoms with E-state index in [1.54, 1.807) is 12.2 Å². The standard InChI is InChI=1S/C12H18O2/c1-5-7-11(12(13)14-4)9-8-10(3)6-2/h5-6,8,11H,1-2,7,9H2,3-4H3/b10-8+. The number of ether oxygens (including phenoxy) is 1. The van der Waals surface area contributed by atoms with E-state index in [9.17, 15) is 4.79 Å². The molecule has 0 amide bonds. The van der Waals surface area contributed by atoms with Crippen molar-refractivity contribution in [3.05, 3.63) is 37.0 Å². The molecule has 0 rings (SSSR count). The summed E-state index contributed by atoms with van der Waals surface area (Å²) in [5.41, 5.74) is 1.07. The van der Waals surface area contributed by atoms with Gasteiger partial charge in [-0.3, -0.25) is 4.79 Å². The molecule has 0 fully saturated rings. The van der Waals surface area contributed by atoms with Gasteiger partial charge in [-0.15, -0.1) is 6.58 Å². The lowest BCUT2D eigenvalue weighted by molar-refractivity contribution is -0.145. The van der Waals surface area contributed by atoms with Crippen LogP contribution in [-0.2, 0) is 9.53 Å². The SMILES string of the molecule is C=CCC(C/C=C(\C)C=C)C(=O)OC. The molecule has 0 aliphatic carbocycles. The molecule has 0 spiro atoms. The maximum Gasteiger partial charge on any atom is 0.309 e. The lowest BCUT2D eigenvalue weighted by Gasteiger charge is -2.09. The molecule has 0 aromatic heterocycles. The van der Waals surface area contributed by atoms with Crippen LogP contribution >= 0.6 is 0 Å². The Morgan fingerprint density at radius 1 is 1.43 bits per heavy atom. The first kappa shape index (κ1) is 12.7. The highest BCUT2D eigenvalue weighted by atomic mass is 16.5. The third-order valence-corrected chi connectivity index (χ3v) is 2.03. The third-order valence-electron chi connectivity index (χ3n) is 2.03. The molecule has 1 atom stereocenters. The molecule has 78 valence electrons. The molecule has 2 nitrogen and oxygen atoms in total. The number of carbonyl (C=O) groups excluding carboxylic acids is 1. The van der Waals surface area contributed by atoms with Gasteiger partial charge in [-0.05, 0) is 19.8 Å². The smallest absolute Gasteiger partial charge is 0.309 e. The Kier molecular flexibility index (Phi) is 6.46. The summed E-state index contributed by atoms with van der Waals surface area (Å²) in [4.78, 5) is 11.3. The van der Waals surface area contributed by atoms with Crippen LogP contribution in [0.2, 0.25) is 0 Å². The molecule has 1 unspecified atom stereocenters. The molecule has 0 bridgehead atoms. The number of allylic oxidation sites excluding steroid dienone is 4. The molecular weight excluding hydrogens is 176 g/mol. The van der Waals surface area contributed by atoms with E-state index >= 15 is 0 Å². The van der Waals surface area contributed by atoms with E-state index in [4.69, 9.17) is 0 Å². The largest absolute Gasteiger partial charge is 0.469 e. The Bertz CT molecular complexity index is 239. The molecule has 0 saturated carbocycles. The number of methoxy groups -OCH3 is 1. The summed E-state index contributed by atoms with van der Waals surface area (Å²) in [5, 5.41) is 0.